The molecule has 1 saturated heterocycles. The smallest absolute Gasteiger partial charge is 0.407 e. The fraction of sp³-hybridized carbons (Fsp3) is 0.444. The molecule has 2 aromatic carbocycles. The molecule has 0 aromatic heterocycles. The molecule has 1 atom stereocenters. The maximum Gasteiger partial charge on any atom is 0.407 e. The molecule has 2 fully saturated rings. The summed E-state index contributed by atoms with van der Waals surface area (Å²) in [4.78, 5) is 38.7. The van der Waals surface area contributed by atoms with Crippen LogP contribution < -0.4 is 5.32 Å². The van der Waals surface area contributed by atoms with Crippen LogP contribution in [0.1, 0.15) is 42.7 Å². The summed E-state index contributed by atoms with van der Waals surface area (Å²) in [6.07, 6.45) is 1.14. The van der Waals surface area contributed by atoms with Crippen molar-refractivity contribution >= 4 is 18.0 Å². The third-order valence-corrected chi connectivity index (χ3v) is 7.51. The number of benzene rings is 2. The van der Waals surface area contributed by atoms with E-state index in [2.05, 4.69) is 29.6 Å². The van der Waals surface area contributed by atoms with Gasteiger partial charge < -0.3 is 24.8 Å². The van der Waals surface area contributed by atoms with E-state index in [9.17, 15) is 14.4 Å². The minimum Gasteiger partial charge on any atom is -0.481 e. The lowest BCUT2D eigenvalue weighted by Gasteiger charge is -2.45. The molecule has 1 heterocycles. The third kappa shape index (κ3) is 4.62. The number of nitrogens with zero attached hydrogens (tertiary/aromatic N) is 1. The molecule has 5 rings (SSSR count). The van der Waals surface area contributed by atoms with Gasteiger partial charge in [0.15, 0.2) is 0 Å². The molecular weight excluding hydrogens is 448 g/mol. The van der Waals surface area contributed by atoms with Crippen LogP contribution in [-0.2, 0) is 19.1 Å². The van der Waals surface area contributed by atoms with Gasteiger partial charge in [-0.3, -0.25) is 9.59 Å². The van der Waals surface area contributed by atoms with Gasteiger partial charge in [0.05, 0.1) is 24.5 Å². The molecule has 1 aliphatic heterocycles. The van der Waals surface area contributed by atoms with E-state index in [4.69, 9.17) is 14.6 Å². The summed E-state index contributed by atoms with van der Waals surface area (Å²) in [6, 6.07) is 16.3. The Morgan fingerprint density at radius 3 is 2.31 bits per heavy atom. The molecule has 1 saturated carbocycles. The van der Waals surface area contributed by atoms with Crippen molar-refractivity contribution in [3.63, 3.8) is 0 Å². The van der Waals surface area contributed by atoms with E-state index < -0.39 is 23.6 Å². The predicted molar refractivity (Wildman–Crippen MR) is 128 cm³/mol. The molecule has 35 heavy (non-hydrogen) atoms. The summed E-state index contributed by atoms with van der Waals surface area (Å²) in [5, 5.41) is 11.9. The van der Waals surface area contributed by atoms with Gasteiger partial charge in [0.2, 0.25) is 5.91 Å². The molecule has 0 spiro atoms. The van der Waals surface area contributed by atoms with Gasteiger partial charge in [-0.15, -0.1) is 0 Å². The summed E-state index contributed by atoms with van der Waals surface area (Å²) >= 11 is 0. The van der Waals surface area contributed by atoms with Crippen molar-refractivity contribution in [2.75, 3.05) is 32.8 Å². The molecule has 2 aliphatic carbocycles. The zero-order valence-corrected chi connectivity index (χ0v) is 19.6. The van der Waals surface area contributed by atoms with Gasteiger partial charge in [-0.05, 0) is 35.1 Å². The maximum absolute atomic E-state index is 13.3. The van der Waals surface area contributed by atoms with Gasteiger partial charge in [-0.1, -0.05) is 55.0 Å². The van der Waals surface area contributed by atoms with Crippen LogP contribution in [0.4, 0.5) is 4.79 Å². The Labute approximate surface area is 204 Å². The number of morpholine rings is 1. The lowest BCUT2D eigenvalue weighted by molar-refractivity contribution is -0.157. The molecule has 8 nitrogen and oxygen atoms in total. The zero-order chi connectivity index (χ0) is 24.4. The quantitative estimate of drug-likeness (QED) is 0.632. The van der Waals surface area contributed by atoms with Crippen LogP contribution in [0.15, 0.2) is 48.5 Å². The van der Waals surface area contributed by atoms with Gasteiger partial charge in [-0.25, -0.2) is 4.79 Å². The van der Waals surface area contributed by atoms with Crippen LogP contribution in [0, 0.1) is 5.41 Å². The van der Waals surface area contributed by atoms with Crippen molar-refractivity contribution in [1.82, 2.24) is 10.2 Å². The third-order valence-electron chi connectivity index (χ3n) is 7.51. The van der Waals surface area contributed by atoms with Crippen LogP contribution in [-0.4, -0.2) is 66.9 Å². The lowest BCUT2D eigenvalue weighted by Crippen LogP contribution is -2.57. The number of hydrogen-bond donors (Lipinski definition) is 2. The van der Waals surface area contributed by atoms with Crippen LogP contribution >= 0.6 is 0 Å². The van der Waals surface area contributed by atoms with Gasteiger partial charge in [0.25, 0.3) is 0 Å². The zero-order valence-electron chi connectivity index (χ0n) is 19.6. The van der Waals surface area contributed by atoms with Crippen molar-refractivity contribution < 1.29 is 29.0 Å². The Balaban J connectivity index is 1.18. The minimum atomic E-state index is -0.945. The predicted octanol–water partition coefficient (Wildman–Crippen LogP) is 3.40. The first-order valence-electron chi connectivity index (χ1n) is 12.2. The Bertz CT molecular complexity index is 1080. The van der Waals surface area contributed by atoms with Crippen molar-refractivity contribution in [3.8, 4) is 11.1 Å². The SMILES string of the molecule is O=C(O)CC1CN(C(=O)C2(CNC(=O)OCC3c4ccccc4-c4ccccc43)CCC2)CCO1. The fourth-order valence-corrected chi connectivity index (χ4v) is 5.52. The van der Waals surface area contributed by atoms with Crippen molar-refractivity contribution in [1.29, 1.82) is 0 Å². The number of carboxylic acids is 1. The molecule has 8 heteroatoms. The minimum absolute atomic E-state index is 0.0213. The highest BCUT2D eigenvalue weighted by molar-refractivity contribution is 5.85. The Hall–Kier alpha value is -3.39. The number of carbonyl (C=O) groups is 3. The Morgan fingerprint density at radius 1 is 1.06 bits per heavy atom. The summed E-state index contributed by atoms with van der Waals surface area (Å²) in [5.74, 6) is -1.01. The van der Waals surface area contributed by atoms with Crippen molar-refractivity contribution in [2.24, 2.45) is 5.41 Å². The molecule has 0 bridgehead atoms. The molecular formula is C27H30N2O6. The van der Waals surface area contributed by atoms with Crippen LogP contribution in [0.5, 0.6) is 0 Å². The summed E-state index contributed by atoms with van der Waals surface area (Å²) in [7, 11) is 0. The molecule has 0 radical (unpaired) electrons. The fourth-order valence-electron chi connectivity index (χ4n) is 5.52. The topological polar surface area (TPSA) is 105 Å². The van der Waals surface area contributed by atoms with Gasteiger partial charge in [-0.2, -0.15) is 0 Å². The number of fused-ring (bicyclic) bond motifs is 3. The van der Waals surface area contributed by atoms with Crippen LogP contribution in [0.25, 0.3) is 11.1 Å². The average molecular weight is 479 g/mol. The number of ether oxygens (including phenoxy) is 2. The molecule has 3 aliphatic rings. The number of rotatable bonds is 7. The van der Waals surface area contributed by atoms with Crippen molar-refractivity contribution in [3.05, 3.63) is 59.7 Å². The standard InChI is InChI=1S/C27H30N2O6/c30-24(31)14-18-15-29(12-13-34-18)25(32)27(10-5-11-27)17-28-26(33)35-16-23-21-8-3-1-6-19(21)20-7-2-4-9-22(20)23/h1-4,6-9,18,23H,5,10-17H2,(H,28,33)(H,30,31). The summed E-state index contributed by atoms with van der Waals surface area (Å²) in [5.41, 5.74) is 3.98. The van der Waals surface area contributed by atoms with E-state index in [1.165, 1.54) is 11.1 Å². The van der Waals surface area contributed by atoms with E-state index in [1.807, 2.05) is 24.3 Å². The number of carbonyl (C=O) groups excluding carboxylic acids is 2. The monoisotopic (exact) mass is 478 g/mol. The maximum atomic E-state index is 13.3. The Morgan fingerprint density at radius 2 is 1.71 bits per heavy atom. The van der Waals surface area contributed by atoms with Gasteiger partial charge in [0.1, 0.15) is 6.61 Å². The average Bonchev–Trinajstić information content (AvgIpc) is 3.15. The highest BCUT2D eigenvalue weighted by atomic mass is 16.5. The first-order valence-corrected chi connectivity index (χ1v) is 12.2. The number of carboxylic acid groups (broad SMARTS) is 1. The highest BCUT2D eigenvalue weighted by Gasteiger charge is 2.47. The molecule has 184 valence electrons. The second-order valence-corrected chi connectivity index (χ2v) is 9.65. The lowest BCUT2D eigenvalue weighted by atomic mass is 9.67. The summed E-state index contributed by atoms with van der Waals surface area (Å²) < 4.78 is 11.1. The number of hydrogen-bond acceptors (Lipinski definition) is 5. The molecule has 2 amide bonds. The second-order valence-electron chi connectivity index (χ2n) is 9.65. The number of nitrogens with one attached hydrogen (secondary N) is 1. The first kappa shape index (κ1) is 23.4. The highest BCUT2D eigenvalue weighted by Crippen LogP contribution is 2.45. The molecule has 2 N–H and O–H groups in total. The van der Waals surface area contributed by atoms with E-state index in [0.29, 0.717) is 26.0 Å². The summed E-state index contributed by atoms with van der Waals surface area (Å²) in [6.45, 7) is 1.45. The second kappa shape index (κ2) is 9.70. The van der Waals surface area contributed by atoms with E-state index in [0.717, 1.165) is 17.5 Å². The van der Waals surface area contributed by atoms with E-state index in [-0.39, 0.29) is 37.9 Å². The molecule has 1 unspecified atom stereocenters. The molecule has 2 aromatic rings. The van der Waals surface area contributed by atoms with Crippen LogP contribution in [0.2, 0.25) is 0 Å². The van der Waals surface area contributed by atoms with Gasteiger partial charge in [0, 0.05) is 25.6 Å². The number of alkyl carbamates (subject to hydrolysis) is 1. The van der Waals surface area contributed by atoms with E-state index in [1.54, 1.807) is 4.90 Å². The Kier molecular flexibility index (Phi) is 6.47. The number of amides is 2. The van der Waals surface area contributed by atoms with Gasteiger partial charge >= 0.3 is 12.1 Å². The van der Waals surface area contributed by atoms with E-state index >= 15 is 0 Å². The van der Waals surface area contributed by atoms with Crippen LogP contribution in [0.3, 0.4) is 0 Å². The normalized spacial score (nSPS) is 20.3. The number of aliphatic carboxylic acids is 1. The van der Waals surface area contributed by atoms with Crippen molar-refractivity contribution in [2.45, 2.75) is 37.7 Å². The largest absolute Gasteiger partial charge is 0.481 e. The first-order chi connectivity index (χ1) is 17.0.